The summed E-state index contributed by atoms with van der Waals surface area (Å²) in [6.07, 6.45) is 48.3. The third kappa shape index (κ3) is 43.5. The van der Waals surface area contributed by atoms with Gasteiger partial charge in [-0.1, -0.05) is 245 Å². The van der Waals surface area contributed by atoms with Crippen LogP contribution in [0.15, 0.2) is 0 Å². The molecule has 0 spiro atoms. The average molecular weight is 793 g/mol. The molecule has 0 radical (unpaired) electrons. The van der Waals surface area contributed by atoms with E-state index in [1.807, 2.05) is 0 Å². The minimum absolute atomic E-state index is 0.0632. The molecule has 0 rings (SSSR count). The largest absolute Gasteiger partial charge is 0.462 e. The Hall–Kier alpha value is -1.59. The van der Waals surface area contributed by atoms with Crippen molar-refractivity contribution < 1.29 is 28.6 Å². The number of hydrogen-bond donors (Lipinski definition) is 0. The minimum Gasteiger partial charge on any atom is -0.462 e. The van der Waals surface area contributed by atoms with Gasteiger partial charge in [0.1, 0.15) is 13.2 Å². The molecule has 1 atom stereocenters. The highest BCUT2D eigenvalue weighted by molar-refractivity contribution is 5.71. The van der Waals surface area contributed by atoms with Gasteiger partial charge in [-0.05, 0) is 19.3 Å². The number of rotatable bonds is 46. The highest BCUT2D eigenvalue weighted by Gasteiger charge is 2.19. The van der Waals surface area contributed by atoms with Gasteiger partial charge >= 0.3 is 17.9 Å². The first-order valence-corrected chi connectivity index (χ1v) is 25.0. The molecule has 0 aliphatic carbocycles. The van der Waals surface area contributed by atoms with Gasteiger partial charge in [-0.15, -0.1) is 0 Å². The monoisotopic (exact) mass is 793 g/mol. The van der Waals surface area contributed by atoms with E-state index in [0.29, 0.717) is 19.3 Å². The van der Waals surface area contributed by atoms with Crippen LogP contribution in [0, 0.1) is 0 Å². The number of ether oxygens (including phenoxy) is 3. The smallest absolute Gasteiger partial charge is 0.306 e. The normalized spacial score (nSPS) is 11.8. The topological polar surface area (TPSA) is 78.9 Å². The van der Waals surface area contributed by atoms with Gasteiger partial charge in [-0.3, -0.25) is 14.4 Å². The van der Waals surface area contributed by atoms with Crippen LogP contribution >= 0.6 is 0 Å². The first-order valence-electron chi connectivity index (χ1n) is 25.0. The second-order valence-electron chi connectivity index (χ2n) is 17.1. The number of esters is 3. The van der Waals surface area contributed by atoms with Crippen LogP contribution in [-0.2, 0) is 28.6 Å². The Morgan fingerprint density at radius 1 is 0.286 bits per heavy atom. The Balaban J connectivity index is 4.11. The highest BCUT2D eigenvalue weighted by atomic mass is 16.6. The van der Waals surface area contributed by atoms with Crippen LogP contribution in [-0.4, -0.2) is 37.2 Å². The molecule has 0 saturated heterocycles. The quantitative estimate of drug-likeness (QED) is 0.0347. The maximum Gasteiger partial charge on any atom is 0.306 e. The maximum atomic E-state index is 12.7. The molecule has 0 saturated carbocycles. The molecule has 56 heavy (non-hydrogen) atoms. The van der Waals surface area contributed by atoms with Crippen molar-refractivity contribution in [3.05, 3.63) is 0 Å². The fourth-order valence-corrected chi connectivity index (χ4v) is 7.56. The second-order valence-corrected chi connectivity index (χ2v) is 17.1. The third-order valence-electron chi connectivity index (χ3n) is 11.4. The molecule has 332 valence electrons. The average Bonchev–Trinajstić information content (AvgIpc) is 3.19. The molecular formula is C50H96O6. The van der Waals surface area contributed by atoms with E-state index in [0.717, 1.165) is 64.2 Å². The van der Waals surface area contributed by atoms with Crippen LogP contribution in [0.25, 0.3) is 0 Å². The van der Waals surface area contributed by atoms with Gasteiger partial charge in [0.05, 0.1) is 0 Å². The summed E-state index contributed by atoms with van der Waals surface area (Å²) in [5.41, 5.74) is 0. The van der Waals surface area contributed by atoms with Gasteiger partial charge in [0.25, 0.3) is 0 Å². The van der Waals surface area contributed by atoms with Gasteiger partial charge in [-0.2, -0.15) is 0 Å². The van der Waals surface area contributed by atoms with Gasteiger partial charge in [0.2, 0.25) is 0 Å². The summed E-state index contributed by atoms with van der Waals surface area (Å²) in [7, 11) is 0. The first kappa shape index (κ1) is 54.4. The summed E-state index contributed by atoms with van der Waals surface area (Å²) >= 11 is 0. The molecule has 6 heteroatoms. The second kappa shape index (κ2) is 46.1. The van der Waals surface area contributed by atoms with Crippen molar-refractivity contribution >= 4 is 17.9 Å². The Morgan fingerprint density at radius 3 is 0.714 bits per heavy atom. The van der Waals surface area contributed by atoms with Crippen molar-refractivity contribution in [1.29, 1.82) is 0 Å². The van der Waals surface area contributed by atoms with Crippen molar-refractivity contribution in [3.63, 3.8) is 0 Å². The lowest BCUT2D eigenvalue weighted by Gasteiger charge is -2.18. The molecule has 0 aromatic carbocycles. The van der Waals surface area contributed by atoms with Gasteiger partial charge in [0.15, 0.2) is 6.10 Å². The van der Waals surface area contributed by atoms with E-state index in [1.165, 1.54) is 180 Å². The van der Waals surface area contributed by atoms with E-state index < -0.39 is 6.10 Å². The molecule has 0 aliphatic rings. The van der Waals surface area contributed by atoms with E-state index in [1.54, 1.807) is 0 Å². The minimum atomic E-state index is -0.757. The van der Waals surface area contributed by atoms with Crippen LogP contribution < -0.4 is 0 Å². The Kier molecular flexibility index (Phi) is 44.8. The fourth-order valence-electron chi connectivity index (χ4n) is 7.56. The third-order valence-corrected chi connectivity index (χ3v) is 11.4. The molecule has 0 fully saturated rings. The van der Waals surface area contributed by atoms with Crippen molar-refractivity contribution in [2.24, 2.45) is 0 Å². The van der Waals surface area contributed by atoms with E-state index in [-0.39, 0.29) is 31.1 Å². The Morgan fingerprint density at radius 2 is 0.482 bits per heavy atom. The van der Waals surface area contributed by atoms with Crippen LogP contribution in [0.2, 0.25) is 0 Å². The van der Waals surface area contributed by atoms with E-state index >= 15 is 0 Å². The Labute approximate surface area is 348 Å². The van der Waals surface area contributed by atoms with E-state index in [9.17, 15) is 14.4 Å². The lowest BCUT2D eigenvalue weighted by Crippen LogP contribution is -2.30. The summed E-state index contributed by atoms with van der Waals surface area (Å²) in [6, 6.07) is 0. The van der Waals surface area contributed by atoms with Crippen LogP contribution in [0.4, 0.5) is 0 Å². The Bertz CT molecular complexity index is 828. The lowest BCUT2D eigenvalue weighted by molar-refractivity contribution is -0.167. The van der Waals surface area contributed by atoms with Gasteiger partial charge in [-0.25, -0.2) is 0 Å². The molecule has 0 N–H and O–H groups in total. The van der Waals surface area contributed by atoms with Gasteiger partial charge in [0, 0.05) is 19.3 Å². The predicted octanol–water partition coefficient (Wildman–Crippen LogP) is 16.0. The number of unbranched alkanes of at least 4 members (excludes halogenated alkanes) is 35. The van der Waals surface area contributed by atoms with Crippen LogP contribution in [0.1, 0.15) is 284 Å². The maximum absolute atomic E-state index is 12.7. The predicted molar refractivity (Wildman–Crippen MR) is 238 cm³/mol. The molecule has 0 bridgehead atoms. The SMILES string of the molecule is CCCCCCCCCCCCCCCCCCCC(=O)OC[C@@H](COC(=O)CCCCCCC)OC(=O)CCCCCCCCCCCCCCCCCC. The molecule has 0 aromatic heterocycles. The van der Waals surface area contributed by atoms with E-state index in [4.69, 9.17) is 14.2 Å². The summed E-state index contributed by atoms with van der Waals surface area (Å²) in [6.45, 7) is 6.60. The standard InChI is InChI=1S/C50H96O6/c1-4-7-10-13-15-17-19-21-23-25-27-28-30-32-34-37-40-43-49(52)55-46-47(45-54-48(51)42-39-36-12-9-6-3)56-50(53)44-41-38-35-33-31-29-26-24-22-20-18-16-14-11-8-5-2/h47H,4-46H2,1-3H3/t47-/m1/s1. The number of carbonyl (C=O) groups excluding carboxylic acids is 3. The molecule has 0 unspecified atom stereocenters. The number of hydrogen-bond acceptors (Lipinski definition) is 6. The molecule has 0 heterocycles. The summed E-state index contributed by atoms with van der Waals surface area (Å²) in [5, 5.41) is 0. The first-order chi connectivity index (χ1) is 27.5. The zero-order chi connectivity index (χ0) is 40.8. The van der Waals surface area contributed by atoms with Crippen LogP contribution in [0.3, 0.4) is 0 Å². The molecule has 0 aromatic rings. The zero-order valence-electron chi connectivity index (χ0n) is 37.9. The van der Waals surface area contributed by atoms with Crippen molar-refractivity contribution in [2.45, 2.75) is 290 Å². The van der Waals surface area contributed by atoms with E-state index in [2.05, 4.69) is 20.8 Å². The van der Waals surface area contributed by atoms with Crippen molar-refractivity contribution in [1.82, 2.24) is 0 Å². The lowest BCUT2D eigenvalue weighted by atomic mass is 10.0. The molecule has 0 aliphatic heterocycles. The van der Waals surface area contributed by atoms with Crippen molar-refractivity contribution in [3.8, 4) is 0 Å². The molecule has 6 nitrogen and oxygen atoms in total. The molecule has 0 amide bonds. The summed E-state index contributed by atoms with van der Waals surface area (Å²) in [5.74, 6) is -0.859. The van der Waals surface area contributed by atoms with Crippen molar-refractivity contribution in [2.75, 3.05) is 13.2 Å². The summed E-state index contributed by atoms with van der Waals surface area (Å²) in [4.78, 5) is 37.6. The molecular weight excluding hydrogens is 697 g/mol. The van der Waals surface area contributed by atoms with Gasteiger partial charge < -0.3 is 14.2 Å². The number of carbonyl (C=O) groups is 3. The zero-order valence-corrected chi connectivity index (χ0v) is 37.9. The summed E-state index contributed by atoms with van der Waals surface area (Å²) < 4.78 is 16.7. The fraction of sp³-hybridized carbons (Fsp3) is 0.940. The van der Waals surface area contributed by atoms with Crippen LogP contribution in [0.5, 0.6) is 0 Å². The highest BCUT2D eigenvalue weighted by Crippen LogP contribution is 2.17.